The second-order valence-corrected chi connectivity index (χ2v) is 3.40. The van der Waals surface area contributed by atoms with E-state index in [9.17, 15) is 9.59 Å². The maximum Gasteiger partial charge on any atom is 0.274 e. The maximum absolute atomic E-state index is 11.6. The van der Waals surface area contributed by atoms with Gasteiger partial charge in [-0.25, -0.2) is 5.06 Å². The molecule has 0 saturated heterocycles. The Morgan fingerprint density at radius 1 is 1.73 bits per heavy atom. The molecule has 0 aromatic heterocycles. The van der Waals surface area contributed by atoms with E-state index in [1.807, 2.05) is 0 Å². The van der Waals surface area contributed by atoms with Crippen molar-refractivity contribution in [1.82, 2.24) is 5.06 Å². The summed E-state index contributed by atoms with van der Waals surface area (Å²) in [4.78, 5) is 27.1. The first-order chi connectivity index (χ1) is 7.02. The number of hydrogen-bond acceptors (Lipinski definition) is 5. The number of carbonyl (C=O) groups excluding carboxylic acids is 2. The molecule has 0 spiro atoms. The van der Waals surface area contributed by atoms with Crippen LogP contribution in [-0.2, 0) is 14.4 Å². The summed E-state index contributed by atoms with van der Waals surface area (Å²) < 4.78 is 0. The number of aldehydes is 1. The third-order valence-electron chi connectivity index (χ3n) is 2.07. The molecule has 1 aliphatic heterocycles. The van der Waals surface area contributed by atoms with E-state index in [1.54, 1.807) is 6.92 Å². The predicted octanol–water partition coefficient (Wildman–Crippen LogP) is 0.356. The second kappa shape index (κ2) is 4.31. The lowest BCUT2D eigenvalue weighted by Crippen LogP contribution is -2.32. The van der Waals surface area contributed by atoms with Gasteiger partial charge in [-0.1, -0.05) is 0 Å². The number of azo groups is 1. The second-order valence-electron chi connectivity index (χ2n) is 3.40. The van der Waals surface area contributed by atoms with Gasteiger partial charge in [0.15, 0.2) is 11.8 Å². The van der Waals surface area contributed by atoms with Crippen molar-refractivity contribution in [3.05, 3.63) is 11.6 Å². The van der Waals surface area contributed by atoms with Crippen LogP contribution in [0.15, 0.2) is 21.9 Å². The largest absolute Gasteiger partial charge is 0.300 e. The van der Waals surface area contributed by atoms with Gasteiger partial charge in [0.25, 0.3) is 5.91 Å². The Kier molecular flexibility index (Phi) is 3.31. The van der Waals surface area contributed by atoms with Crippen molar-refractivity contribution in [3.8, 4) is 0 Å². The SMILES string of the molecule is CON(C)C(=O)C1=CC(C)(C=O)N=NC1. The van der Waals surface area contributed by atoms with E-state index >= 15 is 0 Å². The van der Waals surface area contributed by atoms with Crippen molar-refractivity contribution in [3.63, 3.8) is 0 Å². The van der Waals surface area contributed by atoms with Gasteiger partial charge in [0.1, 0.15) is 0 Å². The van der Waals surface area contributed by atoms with E-state index in [0.29, 0.717) is 11.9 Å². The minimum absolute atomic E-state index is 0.177. The molecule has 1 amide bonds. The first kappa shape index (κ1) is 11.5. The molecule has 1 unspecified atom stereocenters. The fraction of sp³-hybridized carbons (Fsp3) is 0.556. The Labute approximate surface area is 87.6 Å². The highest BCUT2D eigenvalue weighted by Gasteiger charge is 2.27. The Bertz CT molecular complexity index is 337. The van der Waals surface area contributed by atoms with Crippen LogP contribution in [0.4, 0.5) is 0 Å². The van der Waals surface area contributed by atoms with Gasteiger partial charge in [0.05, 0.1) is 13.7 Å². The molecule has 1 aliphatic rings. The molecule has 82 valence electrons. The Morgan fingerprint density at radius 3 is 2.93 bits per heavy atom. The van der Waals surface area contributed by atoms with Gasteiger partial charge in [-0.15, -0.1) is 0 Å². The predicted molar refractivity (Wildman–Crippen MR) is 52.1 cm³/mol. The van der Waals surface area contributed by atoms with Crippen LogP contribution in [0, 0.1) is 0 Å². The number of amides is 1. The van der Waals surface area contributed by atoms with Gasteiger partial charge in [0.2, 0.25) is 0 Å². The molecular weight excluding hydrogens is 198 g/mol. The van der Waals surface area contributed by atoms with Gasteiger partial charge < -0.3 is 4.79 Å². The lowest BCUT2D eigenvalue weighted by Gasteiger charge is -2.21. The Balaban J connectivity index is 2.89. The third kappa shape index (κ3) is 2.47. The van der Waals surface area contributed by atoms with E-state index in [2.05, 4.69) is 10.2 Å². The van der Waals surface area contributed by atoms with E-state index in [4.69, 9.17) is 4.84 Å². The zero-order chi connectivity index (χ0) is 11.5. The molecule has 1 heterocycles. The number of hydrogen-bond donors (Lipinski definition) is 0. The summed E-state index contributed by atoms with van der Waals surface area (Å²) in [6.45, 7) is 1.76. The molecular formula is C9H13N3O3. The summed E-state index contributed by atoms with van der Waals surface area (Å²) in [5.74, 6) is -0.316. The summed E-state index contributed by atoms with van der Waals surface area (Å²) in [6, 6.07) is 0. The molecule has 0 saturated carbocycles. The Morgan fingerprint density at radius 2 is 2.40 bits per heavy atom. The smallest absolute Gasteiger partial charge is 0.274 e. The quantitative estimate of drug-likeness (QED) is 0.499. The number of nitrogens with zero attached hydrogens (tertiary/aromatic N) is 3. The Hall–Kier alpha value is -1.56. The van der Waals surface area contributed by atoms with E-state index in [0.717, 1.165) is 5.06 Å². The molecule has 6 nitrogen and oxygen atoms in total. The minimum atomic E-state index is -1.03. The zero-order valence-electron chi connectivity index (χ0n) is 8.93. The summed E-state index contributed by atoms with van der Waals surface area (Å²) in [7, 11) is 2.88. The van der Waals surface area contributed by atoms with Crippen molar-refractivity contribution in [1.29, 1.82) is 0 Å². The molecule has 1 rings (SSSR count). The normalized spacial score (nSPS) is 24.6. The molecule has 0 aromatic rings. The molecule has 0 N–H and O–H groups in total. The standard InChI is InChI=1S/C9H13N3O3/c1-9(6-13)4-7(5-10-11-9)8(14)12(2)15-3/h4,6H,5H2,1-3H3. The van der Waals surface area contributed by atoms with Crippen LogP contribution in [0.5, 0.6) is 0 Å². The van der Waals surface area contributed by atoms with Crippen LogP contribution in [0.25, 0.3) is 0 Å². The molecule has 0 fully saturated rings. The van der Waals surface area contributed by atoms with E-state index < -0.39 is 5.54 Å². The van der Waals surface area contributed by atoms with E-state index in [-0.39, 0.29) is 12.5 Å². The van der Waals surface area contributed by atoms with Crippen molar-refractivity contribution >= 4 is 12.2 Å². The van der Waals surface area contributed by atoms with Gasteiger partial charge in [-0.2, -0.15) is 10.2 Å². The van der Waals surface area contributed by atoms with Crippen LogP contribution in [0.2, 0.25) is 0 Å². The average molecular weight is 211 g/mol. The highest BCUT2D eigenvalue weighted by molar-refractivity contribution is 5.94. The topological polar surface area (TPSA) is 71.3 Å². The molecule has 6 heteroatoms. The molecule has 1 atom stereocenters. The zero-order valence-corrected chi connectivity index (χ0v) is 8.93. The highest BCUT2D eigenvalue weighted by Crippen LogP contribution is 2.19. The van der Waals surface area contributed by atoms with Crippen LogP contribution in [0.3, 0.4) is 0 Å². The van der Waals surface area contributed by atoms with Crippen molar-refractivity contribution < 1.29 is 14.4 Å². The lowest BCUT2D eigenvalue weighted by molar-refractivity contribution is -0.164. The number of likely N-dealkylation sites (N-methyl/N-ethyl adjacent to an activating group) is 1. The van der Waals surface area contributed by atoms with Gasteiger partial charge >= 0.3 is 0 Å². The average Bonchev–Trinajstić information content (AvgIpc) is 2.27. The monoisotopic (exact) mass is 211 g/mol. The van der Waals surface area contributed by atoms with Crippen LogP contribution < -0.4 is 0 Å². The first-order valence-corrected chi connectivity index (χ1v) is 4.41. The highest BCUT2D eigenvalue weighted by atomic mass is 16.7. The van der Waals surface area contributed by atoms with Gasteiger partial charge in [0, 0.05) is 12.6 Å². The summed E-state index contributed by atoms with van der Waals surface area (Å²) in [5, 5.41) is 8.59. The summed E-state index contributed by atoms with van der Waals surface area (Å²) in [5.41, 5.74) is -0.624. The molecule has 0 aliphatic carbocycles. The van der Waals surface area contributed by atoms with Gasteiger partial charge in [-0.3, -0.25) is 9.63 Å². The third-order valence-corrected chi connectivity index (χ3v) is 2.07. The molecule has 15 heavy (non-hydrogen) atoms. The molecule has 0 aromatic carbocycles. The fourth-order valence-electron chi connectivity index (χ4n) is 1.16. The van der Waals surface area contributed by atoms with Crippen molar-refractivity contribution in [2.45, 2.75) is 12.5 Å². The van der Waals surface area contributed by atoms with Crippen LogP contribution >= 0.6 is 0 Å². The van der Waals surface area contributed by atoms with Gasteiger partial charge in [-0.05, 0) is 13.0 Å². The molecule has 0 bridgehead atoms. The van der Waals surface area contributed by atoms with Crippen LogP contribution in [0.1, 0.15) is 6.92 Å². The lowest BCUT2D eigenvalue weighted by atomic mass is 10.00. The van der Waals surface area contributed by atoms with Crippen LogP contribution in [-0.4, -0.2) is 43.5 Å². The first-order valence-electron chi connectivity index (χ1n) is 4.41. The summed E-state index contributed by atoms with van der Waals surface area (Å²) in [6.07, 6.45) is 2.15. The number of hydroxylamine groups is 2. The van der Waals surface area contributed by atoms with Crippen molar-refractivity contribution in [2.75, 3.05) is 20.7 Å². The summed E-state index contributed by atoms with van der Waals surface area (Å²) >= 11 is 0. The van der Waals surface area contributed by atoms with E-state index in [1.165, 1.54) is 20.2 Å². The van der Waals surface area contributed by atoms with Crippen molar-refractivity contribution in [2.24, 2.45) is 10.2 Å². The molecule has 0 radical (unpaired) electrons. The number of rotatable bonds is 3. The fourth-order valence-corrected chi connectivity index (χ4v) is 1.16. The number of carbonyl (C=O) groups is 2. The minimum Gasteiger partial charge on any atom is -0.300 e. The maximum atomic E-state index is 11.6.